The number of nitrogens with one attached hydrogen (secondary N) is 1. The van der Waals surface area contributed by atoms with Crippen LogP contribution in [-0.4, -0.2) is 12.5 Å². The van der Waals surface area contributed by atoms with Gasteiger partial charge in [-0.05, 0) is 35.9 Å². The van der Waals surface area contributed by atoms with Crippen LogP contribution >= 0.6 is 15.9 Å². The molecular formula is C15H12BrF2NO2. The molecule has 0 spiro atoms. The SMILES string of the molecule is O=C(Nc1ccc(CBr)cc1)c1cccc(OC(F)F)c1. The van der Waals surface area contributed by atoms with Crippen LogP contribution in [-0.2, 0) is 5.33 Å². The highest BCUT2D eigenvalue weighted by Crippen LogP contribution is 2.18. The van der Waals surface area contributed by atoms with Crippen molar-refractivity contribution in [1.29, 1.82) is 0 Å². The third-order valence-electron chi connectivity index (χ3n) is 2.69. The largest absolute Gasteiger partial charge is 0.435 e. The molecule has 1 N–H and O–H groups in total. The zero-order valence-corrected chi connectivity index (χ0v) is 12.4. The Balaban J connectivity index is 2.08. The number of hydrogen-bond donors (Lipinski definition) is 1. The van der Waals surface area contributed by atoms with Gasteiger partial charge >= 0.3 is 6.61 Å². The predicted octanol–water partition coefficient (Wildman–Crippen LogP) is 4.44. The van der Waals surface area contributed by atoms with E-state index in [-0.39, 0.29) is 17.2 Å². The maximum atomic E-state index is 12.1. The fraction of sp³-hybridized carbons (Fsp3) is 0.133. The summed E-state index contributed by atoms with van der Waals surface area (Å²) < 4.78 is 28.6. The van der Waals surface area contributed by atoms with E-state index < -0.39 is 6.61 Å². The van der Waals surface area contributed by atoms with Gasteiger partial charge in [0.05, 0.1) is 0 Å². The minimum atomic E-state index is -2.92. The van der Waals surface area contributed by atoms with Gasteiger partial charge in [-0.1, -0.05) is 34.1 Å². The maximum absolute atomic E-state index is 12.1. The van der Waals surface area contributed by atoms with Crippen LogP contribution in [0, 0.1) is 0 Å². The first-order valence-corrected chi connectivity index (χ1v) is 7.22. The number of carbonyl (C=O) groups is 1. The number of halogens is 3. The van der Waals surface area contributed by atoms with E-state index in [1.165, 1.54) is 24.3 Å². The summed E-state index contributed by atoms with van der Waals surface area (Å²) in [5.41, 5.74) is 1.96. The fourth-order valence-corrected chi connectivity index (χ4v) is 2.07. The molecule has 2 aromatic rings. The molecular weight excluding hydrogens is 344 g/mol. The molecule has 21 heavy (non-hydrogen) atoms. The van der Waals surface area contributed by atoms with E-state index in [1.54, 1.807) is 12.1 Å². The van der Waals surface area contributed by atoms with Gasteiger partial charge in [0.15, 0.2) is 0 Å². The quantitative estimate of drug-likeness (QED) is 0.805. The van der Waals surface area contributed by atoms with Crippen LogP contribution in [0.3, 0.4) is 0 Å². The van der Waals surface area contributed by atoms with Crippen LogP contribution in [0.5, 0.6) is 5.75 Å². The summed E-state index contributed by atoms with van der Waals surface area (Å²) in [6, 6.07) is 13.0. The summed E-state index contributed by atoms with van der Waals surface area (Å²) >= 11 is 3.33. The predicted molar refractivity (Wildman–Crippen MR) is 80.1 cm³/mol. The van der Waals surface area contributed by atoms with Gasteiger partial charge in [-0.15, -0.1) is 0 Å². The minimum absolute atomic E-state index is 0.0488. The first kappa shape index (κ1) is 15.4. The van der Waals surface area contributed by atoms with Gasteiger partial charge in [-0.2, -0.15) is 8.78 Å². The molecule has 0 saturated heterocycles. The van der Waals surface area contributed by atoms with Crippen molar-refractivity contribution in [2.45, 2.75) is 11.9 Å². The molecule has 1 amide bonds. The summed E-state index contributed by atoms with van der Waals surface area (Å²) in [5, 5.41) is 3.42. The zero-order chi connectivity index (χ0) is 15.2. The van der Waals surface area contributed by atoms with E-state index in [0.29, 0.717) is 5.69 Å². The minimum Gasteiger partial charge on any atom is -0.435 e. The number of carbonyl (C=O) groups excluding carboxylic acids is 1. The Bertz CT molecular complexity index is 617. The molecule has 2 aromatic carbocycles. The number of rotatable bonds is 5. The molecule has 0 aromatic heterocycles. The van der Waals surface area contributed by atoms with Crippen molar-refractivity contribution in [2.75, 3.05) is 5.32 Å². The lowest BCUT2D eigenvalue weighted by atomic mass is 10.2. The van der Waals surface area contributed by atoms with Crippen LogP contribution in [0.2, 0.25) is 0 Å². The highest BCUT2D eigenvalue weighted by molar-refractivity contribution is 9.08. The molecule has 0 saturated carbocycles. The van der Waals surface area contributed by atoms with Crippen LogP contribution in [0.25, 0.3) is 0 Å². The molecule has 0 unspecified atom stereocenters. The topological polar surface area (TPSA) is 38.3 Å². The van der Waals surface area contributed by atoms with Gasteiger partial charge in [-0.3, -0.25) is 4.79 Å². The van der Waals surface area contributed by atoms with Crippen molar-refractivity contribution in [3.05, 3.63) is 59.7 Å². The number of benzene rings is 2. The molecule has 0 aliphatic heterocycles. The fourth-order valence-electron chi connectivity index (χ4n) is 1.69. The maximum Gasteiger partial charge on any atom is 0.387 e. The highest BCUT2D eigenvalue weighted by Gasteiger charge is 2.09. The van der Waals surface area contributed by atoms with Crippen molar-refractivity contribution in [2.24, 2.45) is 0 Å². The Kier molecular flexibility index (Phi) is 5.27. The van der Waals surface area contributed by atoms with E-state index in [0.717, 1.165) is 10.9 Å². The molecule has 0 heterocycles. The number of amides is 1. The van der Waals surface area contributed by atoms with Crippen LogP contribution in [0.1, 0.15) is 15.9 Å². The van der Waals surface area contributed by atoms with E-state index >= 15 is 0 Å². The lowest BCUT2D eigenvalue weighted by Crippen LogP contribution is -2.12. The van der Waals surface area contributed by atoms with Gasteiger partial charge in [-0.25, -0.2) is 0 Å². The highest BCUT2D eigenvalue weighted by atomic mass is 79.9. The molecule has 110 valence electrons. The van der Waals surface area contributed by atoms with Crippen molar-refractivity contribution in [3.63, 3.8) is 0 Å². The number of alkyl halides is 3. The molecule has 0 aliphatic carbocycles. The van der Waals surface area contributed by atoms with Gasteiger partial charge < -0.3 is 10.1 Å². The second kappa shape index (κ2) is 7.17. The Labute approximate surface area is 129 Å². The van der Waals surface area contributed by atoms with Crippen LogP contribution < -0.4 is 10.1 Å². The standard InChI is InChI=1S/C15H12BrF2NO2/c16-9-10-4-6-12(7-5-10)19-14(20)11-2-1-3-13(8-11)21-15(17)18/h1-8,15H,9H2,(H,19,20). The van der Waals surface area contributed by atoms with E-state index in [2.05, 4.69) is 26.0 Å². The van der Waals surface area contributed by atoms with E-state index in [1.807, 2.05) is 12.1 Å². The second-order valence-electron chi connectivity index (χ2n) is 4.19. The average Bonchev–Trinajstić information content (AvgIpc) is 2.47. The molecule has 0 bridgehead atoms. The molecule has 2 rings (SSSR count). The molecule has 0 radical (unpaired) electrons. The third-order valence-corrected chi connectivity index (χ3v) is 3.33. The van der Waals surface area contributed by atoms with Crippen molar-refractivity contribution >= 4 is 27.5 Å². The number of ether oxygens (including phenoxy) is 1. The number of anilines is 1. The first-order valence-electron chi connectivity index (χ1n) is 6.09. The third kappa shape index (κ3) is 4.53. The summed E-state index contributed by atoms with van der Waals surface area (Å²) in [7, 11) is 0. The first-order chi connectivity index (χ1) is 10.1. The molecule has 3 nitrogen and oxygen atoms in total. The van der Waals surface area contributed by atoms with Gasteiger partial charge in [0.25, 0.3) is 5.91 Å². The zero-order valence-electron chi connectivity index (χ0n) is 10.9. The Morgan fingerprint density at radius 2 is 1.90 bits per heavy atom. The van der Waals surface area contributed by atoms with Crippen molar-refractivity contribution in [1.82, 2.24) is 0 Å². The van der Waals surface area contributed by atoms with E-state index in [4.69, 9.17) is 0 Å². The average molecular weight is 356 g/mol. The second-order valence-corrected chi connectivity index (χ2v) is 4.75. The smallest absolute Gasteiger partial charge is 0.387 e. The molecule has 0 aliphatic rings. The van der Waals surface area contributed by atoms with Gasteiger partial charge in [0.1, 0.15) is 5.75 Å². The lowest BCUT2D eigenvalue weighted by molar-refractivity contribution is -0.0498. The van der Waals surface area contributed by atoms with Crippen molar-refractivity contribution in [3.8, 4) is 5.75 Å². The van der Waals surface area contributed by atoms with E-state index in [9.17, 15) is 13.6 Å². The summed E-state index contributed by atoms with van der Waals surface area (Å²) in [6.45, 7) is -2.92. The van der Waals surface area contributed by atoms with Crippen LogP contribution in [0.15, 0.2) is 48.5 Å². The Morgan fingerprint density at radius 1 is 1.19 bits per heavy atom. The molecule has 0 atom stereocenters. The summed E-state index contributed by atoms with van der Waals surface area (Å²) in [4.78, 5) is 12.0. The molecule has 0 fully saturated rings. The number of hydrogen-bond acceptors (Lipinski definition) is 2. The van der Waals surface area contributed by atoms with Crippen LogP contribution in [0.4, 0.5) is 14.5 Å². The Hall–Kier alpha value is -1.95. The summed E-state index contributed by atoms with van der Waals surface area (Å²) in [5.74, 6) is -0.436. The van der Waals surface area contributed by atoms with Gasteiger partial charge in [0.2, 0.25) is 0 Å². The lowest BCUT2D eigenvalue weighted by Gasteiger charge is -2.08. The van der Waals surface area contributed by atoms with Gasteiger partial charge in [0, 0.05) is 16.6 Å². The normalized spacial score (nSPS) is 10.5. The Morgan fingerprint density at radius 3 is 2.52 bits per heavy atom. The monoisotopic (exact) mass is 355 g/mol. The van der Waals surface area contributed by atoms with Crippen molar-refractivity contribution < 1.29 is 18.3 Å². The molecule has 6 heteroatoms. The summed E-state index contributed by atoms with van der Waals surface area (Å²) in [6.07, 6.45) is 0.